The molecule has 0 aromatic heterocycles. The quantitative estimate of drug-likeness (QED) is 0.386. The van der Waals surface area contributed by atoms with Crippen molar-refractivity contribution in [1.29, 1.82) is 0 Å². The maximum absolute atomic E-state index is 11.3. The molecular formula is C10H21N3O2. The standard InChI is InChI=1S/C10H21N3O2/c1-7(10(14)12-11)4-13-5-8(2)15-9(3)6-13/h7-9H,4-6,11H2,1-3H3,(H,12,14)/t7?,8-,9+. The van der Waals surface area contributed by atoms with Gasteiger partial charge in [-0.3, -0.25) is 15.1 Å². The zero-order chi connectivity index (χ0) is 11.4. The first-order chi connectivity index (χ1) is 7.02. The fraction of sp³-hybridized carbons (Fsp3) is 0.900. The van der Waals surface area contributed by atoms with Crippen molar-refractivity contribution in [3.63, 3.8) is 0 Å². The number of carbonyl (C=O) groups excluding carboxylic acids is 1. The third-order valence-electron chi connectivity index (χ3n) is 2.62. The topological polar surface area (TPSA) is 67.6 Å². The number of hydrogen-bond donors (Lipinski definition) is 2. The molecule has 0 bridgehead atoms. The molecule has 88 valence electrons. The summed E-state index contributed by atoms with van der Waals surface area (Å²) < 4.78 is 5.62. The Morgan fingerprint density at radius 2 is 2.07 bits per heavy atom. The molecule has 0 aliphatic carbocycles. The highest BCUT2D eigenvalue weighted by Gasteiger charge is 2.24. The molecule has 5 nitrogen and oxygen atoms in total. The van der Waals surface area contributed by atoms with Crippen LogP contribution in [-0.4, -0.2) is 42.6 Å². The van der Waals surface area contributed by atoms with Crippen LogP contribution in [0.5, 0.6) is 0 Å². The van der Waals surface area contributed by atoms with E-state index < -0.39 is 0 Å². The van der Waals surface area contributed by atoms with Crippen LogP contribution in [0.15, 0.2) is 0 Å². The highest BCUT2D eigenvalue weighted by atomic mass is 16.5. The van der Waals surface area contributed by atoms with Gasteiger partial charge >= 0.3 is 0 Å². The number of carbonyl (C=O) groups is 1. The van der Waals surface area contributed by atoms with E-state index in [0.29, 0.717) is 0 Å². The number of hydrazine groups is 1. The molecule has 0 aromatic rings. The smallest absolute Gasteiger partial charge is 0.237 e. The number of hydrogen-bond acceptors (Lipinski definition) is 4. The van der Waals surface area contributed by atoms with E-state index in [1.807, 2.05) is 6.92 Å². The average molecular weight is 215 g/mol. The van der Waals surface area contributed by atoms with Crippen LogP contribution in [0.2, 0.25) is 0 Å². The van der Waals surface area contributed by atoms with Gasteiger partial charge in [-0.2, -0.15) is 0 Å². The Labute approximate surface area is 90.9 Å². The Kier molecular flexibility index (Phi) is 4.50. The van der Waals surface area contributed by atoms with Crippen molar-refractivity contribution in [3.8, 4) is 0 Å². The second-order valence-electron chi connectivity index (χ2n) is 4.39. The van der Waals surface area contributed by atoms with Gasteiger partial charge in [0.15, 0.2) is 0 Å². The van der Waals surface area contributed by atoms with Crippen molar-refractivity contribution in [2.75, 3.05) is 19.6 Å². The highest BCUT2D eigenvalue weighted by Crippen LogP contribution is 2.12. The van der Waals surface area contributed by atoms with Crippen LogP contribution in [0, 0.1) is 5.92 Å². The van der Waals surface area contributed by atoms with E-state index in [4.69, 9.17) is 10.6 Å². The molecule has 3 N–H and O–H groups in total. The van der Waals surface area contributed by atoms with Crippen molar-refractivity contribution in [2.45, 2.75) is 33.0 Å². The summed E-state index contributed by atoms with van der Waals surface area (Å²) in [5.41, 5.74) is 2.18. The molecule has 1 aliphatic heterocycles. The zero-order valence-corrected chi connectivity index (χ0v) is 9.69. The fourth-order valence-electron chi connectivity index (χ4n) is 2.05. The van der Waals surface area contributed by atoms with Crippen LogP contribution in [0.1, 0.15) is 20.8 Å². The summed E-state index contributed by atoms with van der Waals surface area (Å²) in [6.45, 7) is 8.49. The third kappa shape index (κ3) is 3.77. The summed E-state index contributed by atoms with van der Waals surface area (Å²) in [7, 11) is 0. The van der Waals surface area contributed by atoms with Crippen molar-refractivity contribution in [3.05, 3.63) is 0 Å². The minimum atomic E-state index is -0.109. The number of morpholine rings is 1. The molecule has 0 saturated carbocycles. The normalized spacial score (nSPS) is 29.9. The monoisotopic (exact) mass is 215 g/mol. The Morgan fingerprint density at radius 1 is 1.53 bits per heavy atom. The third-order valence-corrected chi connectivity index (χ3v) is 2.62. The number of amides is 1. The molecule has 1 amide bonds. The molecule has 1 fully saturated rings. The molecule has 0 aromatic carbocycles. The van der Waals surface area contributed by atoms with Crippen molar-refractivity contribution in [1.82, 2.24) is 10.3 Å². The van der Waals surface area contributed by atoms with Gasteiger partial charge in [-0.25, -0.2) is 5.84 Å². The number of nitrogens with one attached hydrogen (secondary N) is 1. The van der Waals surface area contributed by atoms with Gasteiger partial charge < -0.3 is 4.74 Å². The van der Waals surface area contributed by atoms with E-state index in [0.717, 1.165) is 19.6 Å². The second-order valence-corrected chi connectivity index (χ2v) is 4.39. The van der Waals surface area contributed by atoms with E-state index in [1.54, 1.807) is 0 Å². The molecule has 1 heterocycles. The Hall–Kier alpha value is -0.650. The van der Waals surface area contributed by atoms with Crippen LogP contribution in [0.3, 0.4) is 0 Å². The average Bonchev–Trinajstić information content (AvgIpc) is 2.14. The van der Waals surface area contributed by atoms with E-state index in [-0.39, 0.29) is 24.0 Å². The summed E-state index contributed by atoms with van der Waals surface area (Å²) in [5, 5.41) is 0. The van der Waals surface area contributed by atoms with Gasteiger partial charge in [0.05, 0.1) is 12.2 Å². The lowest BCUT2D eigenvalue weighted by Gasteiger charge is -2.36. The summed E-state index contributed by atoms with van der Waals surface area (Å²) in [6, 6.07) is 0. The van der Waals surface area contributed by atoms with Crippen LogP contribution in [-0.2, 0) is 9.53 Å². The van der Waals surface area contributed by atoms with E-state index >= 15 is 0 Å². The van der Waals surface area contributed by atoms with Gasteiger partial charge in [-0.1, -0.05) is 6.92 Å². The lowest BCUT2D eigenvalue weighted by Crippen LogP contribution is -2.49. The molecule has 1 aliphatic rings. The van der Waals surface area contributed by atoms with Gasteiger partial charge in [0.1, 0.15) is 0 Å². The summed E-state index contributed by atoms with van der Waals surface area (Å²) >= 11 is 0. The predicted octanol–water partition coefficient (Wildman–Crippen LogP) is -0.278. The van der Waals surface area contributed by atoms with E-state index in [2.05, 4.69) is 24.2 Å². The van der Waals surface area contributed by atoms with E-state index in [1.165, 1.54) is 0 Å². The fourth-order valence-corrected chi connectivity index (χ4v) is 2.05. The Balaban J connectivity index is 2.40. The Bertz CT molecular complexity index is 213. The van der Waals surface area contributed by atoms with Gasteiger partial charge in [0, 0.05) is 25.6 Å². The molecule has 3 atom stereocenters. The second kappa shape index (κ2) is 5.44. The van der Waals surface area contributed by atoms with Gasteiger partial charge in [-0.15, -0.1) is 0 Å². The summed E-state index contributed by atoms with van der Waals surface area (Å²) in [6.07, 6.45) is 0.476. The van der Waals surface area contributed by atoms with E-state index in [9.17, 15) is 4.79 Å². The minimum Gasteiger partial charge on any atom is -0.373 e. The van der Waals surface area contributed by atoms with Crippen molar-refractivity contribution >= 4 is 5.91 Å². The molecule has 1 unspecified atom stereocenters. The van der Waals surface area contributed by atoms with Crippen LogP contribution >= 0.6 is 0 Å². The maximum atomic E-state index is 11.3. The number of ether oxygens (including phenoxy) is 1. The number of nitrogens with zero attached hydrogens (tertiary/aromatic N) is 1. The van der Waals surface area contributed by atoms with Gasteiger partial charge in [0.25, 0.3) is 0 Å². The summed E-state index contributed by atoms with van der Waals surface area (Å²) in [5.74, 6) is 4.90. The van der Waals surface area contributed by atoms with Gasteiger partial charge in [-0.05, 0) is 13.8 Å². The van der Waals surface area contributed by atoms with Crippen LogP contribution < -0.4 is 11.3 Å². The molecular weight excluding hydrogens is 194 g/mol. The molecule has 1 rings (SSSR count). The lowest BCUT2D eigenvalue weighted by atomic mass is 10.1. The molecule has 15 heavy (non-hydrogen) atoms. The largest absolute Gasteiger partial charge is 0.373 e. The molecule has 0 radical (unpaired) electrons. The summed E-state index contributed by atoms with van der Waals surface area (Å²) in [4.78, 5) is 13.5. The van der Waals surface area contributed by atoms with Crippen molar-refractivity contribution < 1.29 is 9.53 Å². The zero-order valence-electron chi connectivity index (χ0n) is 9.69. The molecule has 5 heteroatoms. The number of nitrogens with two attached hydrogens (primary N) is 1. The molecule has 1 saturated heterocycles. The minimum absolute atomic E-state index is 0.0764. The SMILES string of the molecule is CC(CN1C[C@@H](C)O[C@@H](C)C1)C(=O)NN. The first-order valence-electron chi connectivity index (χ1n) is 5.41. The Morgan fingerprint density at radius 3 is 2.53 bits per heavy atom. The first-order valence-corrected chi connectivity index (χ1v) is 5.41. The maximum Gasteiger partial charge on any atom is 0.237 e. The van der Waals surface area contributed by atoms with Gasteiger partial charge in [0.2, 0.25) is 5.91 Å². The van der Waals surface area contributed by atoms with Crippen LogP contribution in [0.4, 0.5) is 0 Å². The first kappa shape index (κ1) is 12.4. The lowest BCUT2D eigenvalue weighted by molar-refractivity contribution is -0.126. The predicted molar refractivity (Wildman–Crippen MR) is 57.9 cm³/mol. The van der Waals surface area contributed by atoms with Crippen LogP contribution in [0.25, 0.3) is 0 Å². The highest BCUT2D eigenvalue weighted by molar-refractivity contribution is 5.77. The van der Waals surface area contributed by atoms with Crippen molar-refractivity contribution in [2.24, 2.45) is 11.8 Å². The number of rotatable bonds is 3. The molecule has 0 spiro atoms.